The average Bonchev–Trinajstić information content (AvgIpc) is 2.67. The zero-order valence-corrected chi connectivity index (χ0v) is 19.5. The second-order valence-electron chi connectivity index (χ2n) is 8.94. The van der Waals surface area contributed by atoms with Gasteiger partial charge in [0.2, 0.25) is 0 Å². The van der Waals surface area contributed by atoms with E-state index >= 15 is 0 Å². The average molecular weight is 383 g/mol. The van der Waals surface area contributed by atoms with Crippen molar-refractivity contribution in [3.63, 3.8) is 0 Å². The molecular formula is C24H50OSi. The van der Waals surface area contributed by atoms with E-state index in [1.54, 1.807) is 0 Å². The molecule has 1 aliphatic rings. The lowest BCUT2D eigenvalue weighted by molar-refractivity contribution is 0.263. The van der Waals surface area contributed by atoms with E-state index in [0.717, 1.165) is 6.61 Å². The Labute approximate surface area is 167 Å². The van der Waals surface area contributed by atoms with E-state index in [4.69, 9.17) is 4.43 Å². The molecule has 0 atom stereocenters. The third-order valence-corrected chi connectivity index (χ3v) is 11.0. The van der Waals surface area contributed by atoms with Crippen molar-refractivity contribution in [2.75, 3.05) is 6.61 Å². The highest BCUT2D eigenvalue weighted by Crippen LogP contribution is 2.33. The van der Waals surface area contributed by atoms with Crippen LogP contribution in [0.15, 0.2) is 0 Å². The third-order valence-electron chi connectivity index (χ3n) is 6.41. The maximum Gasteiger partial charge on any atom is 0.192 e. The summed E-state index contributed by atoms with van der Waals surface area (Å²) in [6, 6.07) is 4.41. The first-order chi connectivity index (χ1) is 12.8. The summed E-state index contributed by atoms with van der Waals surface area (Å²) in [6.45, 7) is 5.70. The molecule has 156 valence electrons. The van der Waals surface area contributed by atoms with Crippen molar-refractivity contribution < 1.29 is 4.43 Å². The molecule has 0 bridgehead atoms. The third kappa shape index (κ3) is 12.5. The monoisotopic (exact) mass is 382 g/mol. The lowest BCUT2D eigenvalue weighted by Gasteiger charge is -2.35. The Hall–Kier alpha value is 0.177. The smallest absolute Gasteiger partial charge is 0.192 e. The highest BCUT2D eigenvalue weighted by atomic mass is 28.4. The van der Waals surface area contributed by atoms with Gasteiger partial charge in [-0.3, -0.25) is 0 Å². The van der Waals surface area contributed by atoms with Crippen molar-refractivity contribution >= 4 is 8.32 Å². The number of hydrogen-bond donors (Lipinski definition) is 0. The minimum Gasteiger partial charge on any atom is -0.417 e. The Morgan fingerprint density at radius 2 is 0.962 bits per heavy atom. The number of rotatable bonds is 18. The van der Waals surface area contributed by atoms with Gasteiger partial charge in [-0.25, -0.2) is 0 Å². The maximum atomic E-state index is 6.52. The van der Waals surface area contributed by atoms with Gasteiger partial charge in [0.05, 0.1) is 0 Å². The fourth-order valence-corrected chi connectivity index (χ4v) is 9.03. The van der Waals surface area contributed by atoms with E-state index in [0.29, 0.717) is 0 Å². The van der Waals surface area contributed by atoms with Crippen molar-refractivity contribution in [1.29, 1.82) is 0 Å². The summed E-state index contributed by atoms with van der Waals surface area (Å²) in [5.74, 6) is 0. The van der Waals surface area contributed by atoms with Crippen LogP contribution in [0.25, 0.3) is 0 Å². The van der Waals surface area contributed by atoms with E-state index in [2.05, 4.69) is 13.8 Å². The molecule has 0 amide bonds. The summed E-state index contributed by atoms with van der Waals surface area (Å²) in [6.07, 6.45) is 25.9. The van der Waals surface area contributed by atoms with Gasteiger partial charge in [0.25, 0.3) is 0 Å². The van der Waals surface area contributed by atoms with Crippen molar-refractivity contribution in [3.05, 3.63) is 0 Å². The van der Waals surface area contributed by atoms with Crippen LogP contribution < -0.4 is 0 Å². The molecule has 0 aromatic carbocycles. The fourth-order valence-electron chi connectivity index (χ4n) is 4.59. The van der Waals surface area contributed by atoms with Crippen molar-refractivity contribution in [3.8, 4) is 0 Å². The zero-order chi connectivity index (χ0) is 18.8. The molecule has 0 aliphatic carbocycles. The molecule has 0 saturated carbocycles. The van der Waals surface area contributed by atoms with Crippen LogP contribution in [0.2, 0.25) is 18.1 Å². The lowest BCUT2D eigenvalue weighted by atomic mass is 10.1. The Kier molecular flexibility index (Phi) is 16.1. The quantitative estimate of drug-likeness (QED) is 0.170. The van der Waals surface area contributed by atoms with Crippen molar-refractivity contribution in [1.82, 2.24) is 0 Å². The minimum absolute atomic E-state index is 1.08. The lowest BCUT2D eigenvalue weighted by Crippen LogP contribution is -2.41. The predicted molar refractivity (Wildman–Crippen MR) is 121 cm³/mol. The molecule has 0 unspecified atom stereocenters. The molecule has 1 rings (SSSR count). The number of hydrogen-bond acceptors (Lipinski definition) is 1. The molecule has 0 aromatic rings. The van der Waals surface area contributed by atoms with Gasteiger partial charge in [-0.1, -0.05) is 123 Å². The summed E-state index contributed by atoms with van der Waals surface area (Å²) in [7, 11) is -1.35. The SMILES string of the molecule is CCCCCCCCCC[Si]1(CCCCCCCCCC)CCCCO1. The van der Waals surface area contributed by atoms with Gasteiger partial charge in [0, 0.05) is 6.61 Å². The van der Waals surface area contributed by atoms with Crippen LogP contribution in [0.5, 0.6) is 0 Å². The maximum absolute atomic E-state index is 6.52. The summed E-state index contributed by atoms with van der Waals surface area (Å²) in [5, 5.41) is 0. The van der Waals surface area contributed by atoms with Crippen LogP contribution in [-0.2, 0) is 4.43 Å². The van der Waals surface area contributed by atoms with Gasteiger partial charge in [-0.2, -0.15) is 0 Å². The van der Waals surface area contributed by atoms with Crippen LogP contribution in [0.3, 0.4) is 0 Å². The Balaban J connectivity index is 2.09. The first kappa shape index (κ1) is 24.2. The number of unbranched alkanes of at least 4 members (excludes halogenated alkanes) is 14. The molecule has 26 heavy (non-hydrogen) atoms. The van der Waals surface area contributed by atoms with Gasteiger partial charge in [0.15, 0.2) is 8.32 Å². The Morgan fingerprint density at radius 3 is 1.35 bits per heavy atom. The predicted octanol–water partition coefficient (Wildman–Crippen LogP) is 9.02. The standard InChI is InChI=1S/C24H50OSi/c1-3-5-7-9-11-13-15-18-22-26(24-20-17-21-25-26)23-19-16-14-12-10-8-6-4-2/h3-24H2,1-2H3. The van der Waals surface area contributed by atoms with Crippen LogP contribution in [0.1, 0.15) is 129 Å². The molecule has 1 heterocycles. The molecule has 0 N–H and O–H groups in total. The minimum atomic E-state index is -1.35. The Morgan fingerprint density at radius 1 is 0.538 bits per heavy atom. The van der Waals surface area contributed by atoms with Gasteiger partial charge >= 0.3 is 0 Å². The van der Waals surface area contributed by atoms with Crippen molar-refractivity contribution in [2.45, 2.75) is 148 Å². The van der Waals surface area contributed by atoms with E-state index in [1.165, 1.54) is 134 Å². The van der Waals surface area contributed by atoms with Crippen LogP contribution >= 0.6 is 0 Å². The molecule has 2 heteroatoms. The second kappa shape index (κ2) is 17.3. The summed E-state index contributed by atoms with van der Waals surface area (Å²) in [5.41, 5.74) is 0. The highest BCUT2D eigenvalue weighted by Gasteiger charge is 2.35. The zero-order valence-electron chi connectivity index (χ0n) is 18.5. The normalized spacial score (nSPS) is 16.8. The van der Waals surface area contributed by atoms with Crippen molar-refractivity contribution in [2.24, 2.45) is 0 Å². The largest absolute Gasteiger partial charge is 0.417 e. The van der Waals surface area contributed by atoms with E-state index in [-0.39, 0.29) is 0 Å². The molecule has 1 aliphatic heterocycles. The molecule has 1 nitrogen and oxygen atoms in total. The van der Waals surface area contributed by atoms with E-state index in [1.807, 2.05) is 0 Å². The van der Waals surface area contributed by atoms with E-state index < -0.39 is 8.32 Å². The van der Waals surface area contributed by atoms with Crippen LogP contribution in [0.4, 0.5) is 0 Å². The van der Waals surface area contributed by atoms with Gasteiger partial charge in [-0.05, 0) is 24.6 Å². The topological polar surface area (TPSA) is 9.23 Å². The van der Waals surface area contributed by atoms with Gasteiger partial charge < -0.3 is 4.43 Å². The fraction of sp³-hybridized carbons (Fsp3) is 1.00. The highest BCUT2D eigenvalue weighted by molar-refractivity contribution is 6.73. The van der Waals surface area contributed by atoms with Crippen LogP contribution in [0, 0.1) is 0 Å². The molecule has 1 fully saturated rings. The Bertz CT molecular complexity index is 264. The molecule has 0 spiro atoms. The first-order valence-electron chi connectivity index (χ1n) is 12.5. The molecule has 1 saturated heterocycles. The molecule has 0 radical (unpaired) electrons. The first-order valence-corrected chi connectivity index (χ1v) is 15.0. The van der Waals surface area contributed by atoms with Gasteiger partial charge in [0.1, 0.15) is 0 Å². The summed E-state index contributed by atoms with van der Waals surface area (Å²) in [4.78, 5) is 0. The van der Waals surface area contributed by atoms with Crippen LogP contribution in [-0.4, -0.2) is 14.9 Å². The van der Waals surface area contributed by atoms with Gasteiger partial charge in [-0.15, -0.1) is 0 Å². The van der Waals surface area contributed by atoms with E-state index in [9.17, 15) is 0 Å². The molecular weight excluding hydrogens is 332 g/mol. The summed E-state index contributed by atoms with van der Waals surface area (Å²) >= 11 is 0. The molecule has 0 aromatic heterocycles. The summed E-state index contributed by atoms with van der Waals surface area (Å²) < 4.78 is 6.52. The second-order valence-corrected chi connectivity index (χ2v) is 13.1.